The topological polar surface area (TPSA) is 66.8 Å². The Bertz CT molecular complexity index is 699. The maximum absolute atomic E-state index is 11.5. The molecule has 2 saturated carbocycles. The van der Waals surface area contributed by atoms with Crippen molar-refractivity contribution < 1.29 is 19.7 Å². The number of benzene rings is 1. The van der Waals surface area contributed by atoms with Crippen LogP contribution in [0, 0.1) is 23.2 Å². The van der Waals surface area contributed by atoms with Gasteiger partial charge in [0.1, 0.15) is 5.75 Å². The molecule has 0 aliphatic heterocycles. The quantitative estimate of drug-likeness (QED) is 0.807. The van der Waals surface area contributed by atoms with Crippen LogP contribution in [0.15, 0.2) is 18.2 Å². The number of hydrogen-bond acceptors (Lipinski definition) is 4. The van der Waals surface area contributed by atoms with Crippen molar-refractivity contribution in [2.75, 3.05) is 7.11 Å². The zero-order valence-corrected chi connectivity index (χ0v) is 15.8. The highest BCUT2D eigenvalue weighted by Gasteiger charge is 2.57. The molecule has 4 nitrogen and oxygen atoms in total. The first-order chi connectivity index (χ1) is 12.4. The number of hydrogen-bond donors (Lipinski definition) is 2. The number of esters is 1. The molecule has 1 aromatic carbocycles. The third kappa shape index (κ3) is 2.74. The Balaban J connectivity index is 1.56. The molecule has 3 aliphatic rings. The summed E-state index contributed by atoms with van der Waals surface area (Å²) in [6, 6.07) is 5.87. The zero-order valence-electron chi connectivity index (χ0n) is 15.8. The van der Waals surface area contributed by atoms with E-state index in [4.69, 9.17) is 4.74 Å². The summed E-state index contributed by atoms with van der Waals surface area (Å²) < 4.78 is 4.78. The van der Waals surface area contributed by atoms with Crippen molar-refractivity contribution in [2.24, 2.45) is 23.2 Å². The summed E-state index contributed by atoms with van der Waals surface area (Å²) in [6.07, 6.45) is 6.12. The highest BCUT2D eigenvalue weighted by Crippen LogP contribution is 2.62. The van der Waals surface area contributed by atoms with E-state index >= 15 is 0 Å². The number of ether oxygens (including phenoxy) is 1. The third-order valence-electron chi connectivity index (χ3n) is 7.77. The van der Waals surface area contributed by atoms with Gasteiger partial charge >= 0.3 is 5.97 Å². The summed E-state index contributed by atoms with van der Waals surface area (Å²) in [6.45, 7) is 2.27. The highest BCUT2D eigenvalue weighted by atomic mass is 16.5. The number of methoxy groups -OCH3 is 1. The molecule has 2 fully saturated rings. The molecule has 4 rings (SSSR count). The number of fused-ring (bicyclic) bond motifs is 5. The Morgan fingerprint density at radius 3 is 2.92 bits per heavy atom. The molecule has 0 saturated heterocycles. The predicted molar refractivity (Wildman–Crippen MR) is 98.9 cm³/mol. The van der Waals surface area contributed by atoms with Crippen LogP contribution in [0.1, 0.15) is 62.5 Å². The average molecular weight is 358 g/mol. The summed E-state index contributed by atoms with van der Waals surface area (Å²) in [7, 11) is 1.43. The Kier molecular flexibility index (Phi) is 4.50. The molecule has 0 unspecified atom stereocenters. The van der Waals surface area contributed by atoms with E-state index in [1.165, 1.54) is 18.2 Å². The van der Waals surface area contributed by atoms with E-state index in [1.807, 2.05) is 12.1 Å². The molecule has 0 aromatic heterocycles. The van der Waals surface area contributed by atoms with Gasteiger partial charge in [-0.25, -0.2) is 0 Å². The Hall–Kier alpha value is -1.55. The van der Waals surface area contributed by atoms with Gasteiger partial charge in [0.25, 0.3) is 0 Å². The number of aryl methyl sites for hydroxylation is 1. The average Bonchev–Trinajstić information content (AvgIpc) is 2.90. The molecule has 142 valence electrons. The van der Waals surface area contributed by atoms with E-state index in [2.05, 4.69) is 13.0 Å². The minimum Gasteiger partial charge on any atom is -0.508 e. The van der Waals surface area contributed by atoms with Crippen LogP contribution < -0.4 is 0 Å². The highest BCUT2D eigenvalue weighted by molar-refractivity contribution is 5.69. The molecule has 0 bridgehead atoms. The van der Waals surface area contributed by atoms with E-state index < -0.39 is 0 Å². The minimum absolute atomic E-state index is 0.0314. The normalized spacial score (nSPS) is 38.2. The second-order valence-electron chi connectivity index (χ2n) is 8.90. The van der Waals surface area contributed by atoms with Crippen molar-refractivity contribution in [3.05, 3.63) is 29.3 Å². The van der Waals surface area contributed by atoms with Gasteiger partial charge in [0, 0.05) is 6.42 Å². The molecule has 0 spiro atoms. The smallest absolute Gasteiger partial charge is 0.305 e. The number of aromatic hydroxyl groups is 1. The Labute approximate surface area is 155 Å². The third-order valence-corrected chi connectivity index (χ3v) is 7.77. The van der Waals surface area contributed by atoms with Gasteiger partial charge in [0.05, 0.1) is 13.2 Å². The number of phenolic OH excluding ortho intramolecular Hbond substituents is 1. The number of aliphatic hydroxyl groups is 1. The molecule has 0 heterocycles. The molecule has 2 N–H and O–H groups in total. The van der Waals surface area contributed by atoms with Crippen LogP contribution in [0.2, 0.25) is 0 Å². The van der Waals surface area contributed by atoms with E-state index in [0.29, 0.717) is 29.9 Å². The molecule has 26 heavy (non-hydrogen) atoms. The van der Waals surface area contributed by atoms with Gasteiger partial charge in [-0.05, 0) is 90.9 Å². The lowest BCUT2D eigenvalue weighted by atomic mass is 9.55. The zero-order chi connectivity index (χ0) is 18.5. The van der Waals surface area contributed by atoms with Crippen LogP contribution in [-0.4, -0.2) is 29.4 Å². The number of rotatable bonds is 3. The number of carbonyl (C=O) groups is 1. The standard InChI is InChI=1S/C22H30O4/c1-22-10-9-17-16-7-5-15(23)11-13(16)3-6-18(17)19(22)12-14(21(22)25)4-8-20(24)26-2/h5,7,11,14,17-19,21,23,25H,3-4,6,8-10,12H2,1-2H3/t14-,17+,18+,19-,21-,22-/m0/s1. The Morgan fingerprint density at radius 2 is 2.15 bits per heavy atom. The van der Waals surface area contributed by atoms with E-state index in [9.17, 15) is 15.0 Å². The van der Waals surface area contributed by atoms with Gasteiger partial charge in [0.2, 0.25) is 0 Å². The second kappa shape index (κ2) is 6.56. The lowest BCUT2D eigenvalue weighted by Crippen LogP contribution is -2.44. The number of carbonyl (C=O) groups excluding carboxylic acids is 1. The van der Waals surface area contributed by atoms with Gasteiger partial charge in [-0.1, -0.05) is 13.0 Å². The van der Waals surface area contributed by atoms with Crippen molar-refractivity contribution in [3.8, 4) is 5.75 Å². The van der Waals surface area contributed by atoms with Crippen LogP contribution in [0.4, 0.5) is 0 Å². The SMILES string of the molecule is COC(=O)CC[C@H]1C[C@H]2[C@@H]3CCc4cc(O)ccc4[C@H]3CC[C@]2(C)[C@H]1O. The van der Waals surface area contributed by atoms with E-state index in [1.54, 1.807) is 0 Å². The van der Waals surface area contributed by atoms with Gasteiger partial charge in [-0.3, -0.25) is 4.79 Å². The summed E-state index contributed by atoms with van der Waals surface area (Å²) in [4.78, 5) is 11.5. The number of aliphatic hydroxyl groups excluding tert-OH is 1. The van der Waals surface area contributed by atoms with Crippen molar-refractivity contribution >= 4 is 5.97 Å². The van der Waals surface area contributed by atoms with Gasteiger partial charge in [0.15, 0.2) is 0 Å². The molecule has 0 amide bonds. The van der Waals surface area contributed by atoms with Crippen LogP contribution in [0.25, 0.3) is 0 Å². The van der Waals surface area contributed by atoms with Crippen molar-refractivity contribution in [1.29, 1.82) is 0 Å². The fraction of sp³-hybridized carbons (Fsp3) is 0.682. The molecule has 3 aliphatic carbocycles. The first-order valence-electron chi connectivity index (χ1n) is 10.0. The summed E-state index contributed by atoms with van der Waals surface area (Å²) >= 11 is 0. The fourth-order valence-electron chi connectivity index (χ4n) is 6.40. The fourth-order valence-corrected chi connectivity index (χ4v) is 6.40. The maximum Gasteiger partial charge on any atom is 0.305 e. The minimum atomic E-state index is -0.320. The lowest BCUT2D eigenvalue weighted by Gasteiger charge is -2.50. The van der Waals surface area contributed by atoms with Crippen LogP contribution >= 0.6 is 0 Å². The lowest BCUT2D eigenvalue weighted by molar-refractivity contribution is -0.141. The summed E-state index contributed by atoms with van der Waals surface area (Å²) in [5, 5.41) is 20.9. The summed E-state index contributed by atoms with van der Waals surface area (Å²) in [5.41, 5.74) is 2.68. The number of phenols is 1. The second-order valence-corrected chi connectivity index (χ2v) is 8.90. The Morgan fingerprint density at radius 1 is 1.35 bits per heavy atom. The predicted octanol–water partition coefficient (Wildman–Crippen LogP) is 3.79. The monoisotopic (exact) mass is 358 g/mol. The van der Waals surface area contributed by atoms with Crippen molar-refractivity contribution in [1.82, 2.24) is 0 Å². The first kappa shape index (κ1) is 17.8. The van der Waals surface area contributed by atoms with Gasteiger partial charge in [-0.2, -0.15) is 0 Å². The summed E-state index contributed by atoms with van der Waals surface area (Å²) in [5.74, 6) is 2.04. The molecule has 0 radical (unpaired) electrons. The first-order valence-corrected chi connectivity index (χ1v) is 10.0. The molecular weight excluding hydrogens is 328 g/mol. The van der Waals surface area contributed by atoms with Crippen LogP contribution in [-0.2, 0) is 16.0 Å². The van der Waals surface area contributed by atoms with Crippen LogP contribution in [0.3, 0.4) is 0 Å². The van der Waals surface area contributed by atoms with Crippen LogP contribution in [0.5, 0.6) is 5.75 Å². The molecule has 4 heteroatoms. The molecular formula is C22H30O4. The van der Waals surface area contributed by atoms with Gasteiger partial charge < -0.3 is 14.9 Å². The van der Waals surface area contributed by atoms with Gasteiger partial charge in [-0.15, -0.1) is 0 Å². The largest absolute Gasteiger partial charge is 0.508 e. The van der Waals surface area contributed by atoms with Crippen molar-refractivity contribution in [3.63, 3.8) is 0 Å². The van der Waals surface area contributed by atoms with E-state index in [-0.39, 0.29) is 23.4 Å². The molecule has 1 aromatic rings. The maximum atomic E-state index is 11.5. The van der Waals surface area contributed by atoms with Crippen molar-refractivity contribution in [2.45, 2.75) is 63.9 Å². The molecule has 6 atom stereocenters. The van der Waals surface area contributed by atoms with E-state index in [0.717, 1.165) is 38.5 Å².